The van der Waals surface area contributed by atoms with Crippen molar-refractivity contribution in [2.45, 2.75) is 71.8 Å². The zero-order valence-electron chi connectivity index (χ0n) is 12.7. The molecule has 0 spiro atoms. The van der Waals surface area contributed by atoms with Crippen LogP contribution >= 0.6 is 0 Å². The molecule has 2 bridgehead atoms. The second kappa shape index (κ2) is 6.58. The van der Waals surface area contributed by atoms with Crippen molar-refractivity contribution >= 4 is 5.97 Å². The summed E-state index contributed by atoms with van der Waals surface area (Å²) in [5.41, 5.74) is 1.46. The molecular formula is C17H28O2. The molecule has 1 saturated carbocycles. The van der Waals surface area contributed by atoms with Crippen molar-refractivity contribution in [1.29, 1.82) is 0 Å². The number of carbonyl (C=O) groups is 1. The molecular weight excluding hydrogens is 236 g/mol. The topological polar surface area (TPSA) is 26.3 Å². The molecule has 0 amide bonds. The van der Waals surface area contributed by atoms with Crippen LogP contribution in [0, 0.1) is 17.8 Å². The van der Waals surface area contributed by atoms with Crippen molar-refractivity contribution in [3.63, 3.8) is 0 Å². The summed E-state index contributed by atoms with van der Waals surface area (Å²) in [4.78, 5) is 11.5. The van der Waals surface area contributed by atoms with Gasteiger partial charge in [-0.2, -0.15) is 0 Å². The van der Waals surface area contributed by atoms with Crippen molar-refractivity contribution < 1.29 is 9.53 Å². The van der Waals surface area contributed by atoms with Crippen LogP contribution in [0.1, 0.15) is 65.7 Å². The number of ether oxygens (including phenoxy) is 1. The summed E-state index contributed by atoms with van der Waals surface area (Å²) in [6.45, 7) is 6.76. The van der Waals surface area contributed by atoms with Crippen molar-refractivity contribution in [2.24, 2.45) is 17.8 Å². The van der Waals surface area contributed by atoms with E-state index in [2.05, 4.69) is 26.8 Å². The van der Waals surface area contributed by atoms with E-state index in [4.69, 9.17) is 4.74 Å². The van der Waals surface area contributed by atoms with Gasteiger partial charge >= 0.3 is 5.97 Å². The molecule has 0 aromatic heterocycles. The third-order valence-electron chi connectivity index (χ3n) is 4.93. The van der Waals surface area contributed by atoms with Crippen molar-refractivity contribution in [3.05, 3.63) is 11.6 Å². The summed E-state index contributed by atoms with van der Waals surface area (Å²) in [7, 11) is 0. The maximum absolute atomic E-state index is 11.5. The number of hydrogen-bond acceptors (Lipinski definition) is 2. The van der Waals surface area contributed by atoms with E-state index in [0.717, 1.165) is 6.42 Å². The molecule has 4 atom stereocenters. The minimum atomic E-state index is 0.0198. The summed E-state index contributed by atoms with van der Waals surface area (Å²) in [6.07, 6.45) is 10.7. The number of allylic oxidation sites excluding steroid dienone is 1. The lowest BCUT2D eigenvalue weighted by atomic mass is 9.81. The zero-order chi connectivity index (χ0) is 13.8. The quantitative estimate of drug-likeness (QED) is 0.401. The third-order valence-corrected chi connectivity index (χ3v) is 4.93. The van der Waals surface area contributed by atoms with Gasteiger partial charge in [-0.15, -0.1) is 0 Å². The van der Waals surface area contributed by atoms with Gasteiger partial charge in [-0.05, 0) is 38.0 Å². The van der Waals surface area contributed by atoms with Crippen LogP contribution in [-0.2, 0) is 9.53 Å². The van der Waals surface area contributed by atoms with Crippen LogP contribution in [-0.4, -0.2) is 12.1 Å². The van der Waals surface area contributed by atoms with E-state index in [9.17, 15) is 4.79 Å². The minimum absolute atomic E-state index is 0.0198. The monoisotopic (exact) mass is 264 g/mol. The molecule has 2 rings (SSSR count). The van der Waals surface area contributed by atoms with Gasteiger partial charge in [0.1, 0.15) is 6.10 Å². The Morgan fingerprint density at radius 2 is 2.16 bits per heavy atom. The fourth-order valence-electron chi connectivity index (χ4n) is 3.84. The smallest absolute Gasteiger partial charge is 0.306 e. The molecule has 2 nitrogen and oxygen atoms in total. The molecule has 0 aromatic rings. The summed E-state index contributed by atoms with van der Waals surface area (Å²) in [5, 5.41) is 0. The summed E-state index contributed by atoms with van der Waals surface area (Å²) in [5.74, 6) is 1.67. The number of carbonyl (C=O) groups excluding carboxylic acids is 1. The van der Waals surface area contributed by atoms with Gasteiger partial charge in [-0.1, -0.05) is 44.8 Å². The van der Waals surface area contributed by atoms with Crippen molar-refractivity contribution in [1.82, 2.24) is 0 Å². The average Bonchev–Trinajstić information content (AvgIpc) is 2.57. The Balaban J connectivity index is 1.90. The Labute approximate surface area is 117 Å². The van der Waals surface area contributed by atoms with Gasteiger partial charge < -0.3 is 4.74 Å². The molecule has 1 aliphatic heterocycles. The predicted octanol–water partition coefficient (Wildman–Crippen LogP) is 4.49. The number of hydrogen-bond donors (Lipinski definition) is 0. The average molecular weight is 264 g/mol. The Bertz CT molecular complexity index is 345. The van der Waals surface area contributed by atoms with Crippen LogP contribution in [0.15, 0.2) is 11.6 Å². The van der Waals surface area contributed by atoms with Crippen LogP contribution in [0.25, 0.3) is 0 Å². The Hall–Kier alpha value is -0.790. The van der Waals surface area contributed by atoms with Gasteiger partial charge in [0, 0.05) is 12.3 Å². The van der Waals surface area contributed by atoms with Gasteiger partial charge in [0.25, 0.3) is 0 Å². The van der Waals surface area contributed by atoms with E-state index < -0.39 is 0 Å². The van der Waals surface area contributed by atoms with Gasteiger partial charge in [-0.25, -0.2) is 0 Å². The number of unbranched alkanes of at least 4 members (excludes halogenated alkanes) is 4. The molecule has 1 aliphatic carbocycles. The normalized spacial score (nSPS) is 34.5. The standard InChI is InChI=1S/C17H28O2/c1-4-5-6-7-8-9-12(2)17-14-11-16(18)19-15(17)10-13(14)3/h9,13-15,17H,4-8,10-11H2,1-3H3/b12-9+/t13?,14?,15?,17-/m1/s1. The molecule has 1 saturated heterocycles. The molecule has 1 heterocycles. The van der Waals surface area contributed by atoms with Crippen LogP contribution in [0.2, 0.25) is 0 Å². The SMILES string of the molecule is CCCCCC/C=C(\C)[C@H]1C2CC(C)C1CC(=O)O2. The van der Waals surface area contributed by atoms with Crippen molar-refractivity contribution in [3.8, 4) is 0 Å². The van der Waals surface area contributed by atoms with Gasteiger partial charge in [0.05, 0.1) is 0 Å². The maximum Gasteiger partial charge on any atom is 0.306 e. The molecule has 2 aliphatic rings. The van der Waals surface area contributed by atoms with Gasteiger partial charge in [-0.3, -0.25) is 4.79 Å². The lowest BCUT2D eigenvalue weighted by molar-refractivity contribution is -0.156. The number of rotatable bonds is 6. The highest BCUT2D eigenvalue weighted by atomic mass is 16.5. The first-order chi connectivity index (χ1) is 9.13. The molecule has 19 heavy (non-hydrogen) atoms. The lowest BCUT2D eigenvalue weighted by Gasteiger charge is -2.31. The summed E-state index contributed by atoms with van der Waals surface area (Å²) >= 11 is 0. The number of esters is 1. The highest BCUT2D eigenvalue weighted by Gasteiger charge is 2.48. The molecule has 0 aromatic carbocycles. The summed E-state index contributed by atoms with van der Waals surface area (Å²) < 4.78 is 5.55. The fraction of sp³-hybridized carbons (Fsp3) is 0.824. The second-order valence-corrected chi connectivity index (χ2v) is 6.43. The van der Waals surface area contributed by atoms with E-state index in [1.807, 2.05) is 0 Å². The van der Waals surface area contributed by atoms with Crippen LogP contribution in [0.4, 0.5) is 0 Å². The molecule has 2 fully saturated rings. The van der Waals surface area contributed by atoms with E-state index in [1.165, 1.54) is 37.7 Å². The van der Waals surface area contributed by atoms with Crippen LogP contribution in [0.5, 0.6) is 0 Å². The van der Waals surface area contributed by atoms with Gasteiger partial charge in [0.15, 0.2) is 0 Å². The largest absolute Gasteiger partial charge is 0.462 e. The third kappa shape index (κ3) is 3.40. The van der Waals surface area contributed by atoms with Gasteiger partial charge in [0.2, 0.25) is 0 Å². The molecule has 0 radical (unpaired) electrons. The zero-order valence-corrected chi connectivity index (χ0v) is 12.7. The lowest BCUT2D eigenvalue weighted by Crippen LogP contribution is -2.33. The molecule has 0 N–H and O–H groups in total. The molecule has 108 valence electrons. The minimum Gasteiger partial charge on any atom is -0.462 e. The van der Waals surface area contributed by atoms with E-state index >= 15 is 0 Å². The summed E-state index contributed by atoms with van der Waals surface area (Å²) in [6, 6.07) is 0. The van der Waals surface area contributed by atoms with Crippen LogP contribution < -0.4 is 0 Å². The van der Waals surface area contributed by atoms with E-state index in [-0.39, 0.29) is 12.1 Å². The first kappa shape index (κ1) is 14.6. The van der Waals surface area contributed by atoms with E-state index in [0.29, 0.717) is 24.2 Å². The Morgan fingerprint density at radius 3 is 2.84 bits per heavy atom. The van der Waals surface area contributed by atoms with Crippen molar-refractivity contribution in [2.75, 3.05) is 0 Å². The Morgan fingerprint density at radius 1 is 1.37 bits per heavy atom. The first-order valence-corrected chi connectivity index (χ1v) is 7.99. The highest BCUT2D eigenvalue weighted by Crippen LogP contribution is 2.47. The van der Waals surface area contributed by atoms with Crippen LogP contribution in [0.3, 0.4) is 0 Å². The Kier molecular flexibility index (Phi) is 5.06. The first-order valence-electron chi connectivity index (χ1n) is 7.99. The second-order valence-electron chi connectivity index (χ2n) is 6.43. The van der Waals surface area contributed by atoms with E-state index in [1.54, 1.807) is 0 Å². The fourth-order valence-corrected chi connectivity index (χ4v) is 3.84. The molecule has 2 heteroatoms. The highest BCUT2D eigenvalue weighted by molar-refractivity contribution is 5.71. The number of fused-ring (bicyclic) bond motifs is 2. The molecule has 3 unspecified atom stereocenters. The maximum atomic E-state index is 11.5. The predicted molar refractivity (Wildman–Crippen MR) is 77.8 cm³/mol.